The third-order valence-electron chi connectivity index (χ3n) is 8.28. The van der Waals surface area contributed by atoms with Crippen LogP contribution in [-0.2, 0) is 9.53 Å². The molecule has 0 aromatic heterocycles. The van der Waals surface area contributed by atoms with Crippen molar-refractivity contribution in [3.8, 4) is 0 Å². The molecule has 4 bridgehead atoms. The van der Waals surface area contributed by atoms with Gasteiger partial charge in [0.05, 0.1) is 31.2 Å². The van der Waals surface area contributed by atoms with Gasteiger partial charge in [0.15, 0.2) is 0 Å². The Balaban J connectivity index is 1.25. The van der Waals surface area contributed by atoms with Crippen LogP contribution in [0.4, 0.5) is 0 Å². The normalized spacial score (nSPS) is 51.2. The summed E-state index contributed by atoms with van der Waals surface area (Å²) < 4.78 is 6.05. The van der Waals surface area contributed by atoms with Gasteiger partial charge in [0.1, 0.15) is 0 Å². The van der Waals surface area contributed by atoms with Gasteiger partial charge in [-0.05, 0) is 82.5 Å². The van der Waals surface area contributed by atoms with Gasteiger partial charge in [-0.15, -0.1) is 11.6 Å². The first-order valence-corrected chi connectivity index (χ1v) is 11.1. The van der Waals surface area contributed by atoms with E-state index in [2.05, 4.69) is 0 Å². The summed E-state index contributed by atoms with van der Waals surface area (Å²) in [7, 11) is 0. The molecule has 6 rings (SSSR count). The molecule has 6 fully saturated rings. The predicted octanol–water partition coefficient (Wildman–Crippen LogP) is 2.95. The van der Waals surface area contributed by atoms with Gasteiger partial charge in [-0.25, -0.2) is 0 Å². The molecule has 0 aromatic rings. The second kappa shape index (κ2) is 6.12. The molecule has 4 aliphatic carbocycles. The number of hydrogen-bond acceptors (Lipinski definition) is 2. The van der Waals surface area contributed by atoms with Gasteiger partial charge in [-0.2, -0.15) is 0 Å². The van der Waals surface area contributed by atoms with Crippen molar-refractivity contribution in [1.82, 2.24) is 0 Å². The lowest BCUT2D eigenvalue weighted by Crippen LogP contribution is -3.18. The summed E-state index contributed by atoms with van der Waals surface area (Å²) in [5, 5.41) is 0. The van der Waals surface area contributed by atoms with Crippen LogP contribution in [-0.4, -0.2) is 36.6 Å². The molecule has 2 aliphatic heterocycles. The Labute approximate surface area is 156 Å². The standard InChI is InChI=1S/C21H32ClNO2/c22-21-11-15-8-16(12-21)10-20(9-15,14-21)19(24)25-13-17-4-3-7-23-6-2-1-5-18(17)23/h15-18H,1-14H2/p+1/t15-,16-,17-,18+,20?,21?/m1/s1. The van der Waals surface area contributed by atoms with Crippen molar-refractivity contribution >= 4 is 17.6 Å². The lowest BCUT2D eigenvalue weighted by molar-refractivity contribution is -0.940. The number of quaternary nitrogens is 1. The van der Waals surface area contributed by atoms with E-state index in [0.29, 0.717) is 24.4 Å². The van der Waals surface area contributed by atoms with Crippen LogP contribution in [0.3, 0.4) is 0 Å². The molecule has 1 N–H and O–H groups in total. The lowest BCUT2D eigenvalue weighted by atomic mass is 9.49. The first-order chi connectivity index (χ1) is 12.1. The molecular weight excluding hydrogens is 334 g/mol. The Kier molecular flexibility index (Phi) is 4.13. The zero-order chi connectivity index (χ0) is 17.1. The first-order valence-electron chi connectivity index (χ1n) is 10.8. The van der Waals surface area contributed by atoms with Crippen LogP contribution in [0.2, 0.25) is 0 Å². The van der Waals surface area contributed by atoms with Crippen molar-refractivity contribution in [3.05, 3.63) is 0 Å². The maximum Gasteiger partial charge on any atom is 0.312 e. The highest BCUT2D eigenvalue weighted by atomic mass is 35.5. The van der Waals surface area contributed by atoms with Crippen LogP contribution in [0.25, 0.3) is 0 Å². The Bertz CT molecular complexity index is 534. The molecule has 4 heteroatoms. The van der Waals surface area contributed by atoms with Crippen molar-refractivity contribution < 1.29 is 14.4 Å². The summed E-state index contributed by atoms with van der Waals surface area (Å²) >= 11 is 6.89. The van der Waals surface area contributed by atoms with Gasteiger partial charge in [0.2, 0.25) is 0 Å². The fourth-order valence-electron chi connectivity index (χ4n) is 7.70. The molecule has 0 aromatic carbocycles. The van der Waals surface area contributed by atoms with Crippen molar-refractivity contribution in [1.29, 1.82) is 0 Å². The lowest BCUT2D eigenvalue weighted by Gasteiger charge is -2.58. The number of carbonyl (C=O) groups is 1. The number of halogens is 1. The predicted molar refractivity (Wildman–Crippen MR) is 97.7 cm³/mol. The highest BCUT2D eigenvalue weighted by molar-refractivity contribution is 6.24. The molecule has 0 spiro atoms. The van der Waals surface area contributed by atoms with Crippen LogP contribution in [0.1, 0.15) is 70.6 Å². The molecule has 6 aliphatic rings. The van der Waals surface area contributed by atoms with E-state index in [1.54, 1.807) is 4.90 Å². The second-order valence-electron chi connectivity index (χ2n) is 10.2. The number of piperidine rings is 2. The molecule has 3 nitrogen and oxygen atoms in total. The van der Waals surface area contributed by atoms with Gasteiger partial charge >= 0.3 is 5.97 Å². The Morgan fingerprint density at radius 3 is 2.56 bits per heavy atom. The fraction of sp³-hybridized carbons (Fsp3) is 0.952. The minimum absolute atomic E-state index is 0.0989. The Hall–Kier alpha value is -0.280. The van der Waals surface area contributed by atoms with Crippen molar-refractivity contribution in [3.63, 3.8) is 0 Å². The Morgan fingerprint density at radius 2 is 1.80 bits per heavy atom. The van der Waals surface area contributed by atoms with E-state index in [4.69, 9.17) is 16.3 Å². The zero-order valence-corrected chi connectivity index (χ0v) is 16.2. The third kappa shape index (κ3) is 2.94. The van der Waals surface area contributed by atoms with E-state index in [-0.39, 0.29) is 16.3 Å². The number of rotatable bonds is 3. The van der Waals surface area contributed by atoms with Gasteiger partial charge in [0, 0.05) is 10.8 Å². The van der Waals surface area contributed by atoms with E-state index in [1.165, 1.54) is 51.6 Å². The van der Waals surface area contributed by atoms with Crippen molar-refractivity contribution in [2.75, 3.05) is 19.7 Å². The number of nitrogens with one attached hydrogen (secondary N) is 1. The van der Waals surface area contributed by atoms with Gasteiger partial charge in [-0.1, -0.05) is 0 Å². The molecule has 25 heavy (non-hydrogen) atoms. The molecule has 0 amide bonds. The number of alkyl halides is 1. The van der Waals surface area contributed by atoms with Crippen LogP contribution >= 0.6 is 11.6 Å². The molecule has 140 valence electrons. The van der Waals surface area contributed by atoms with Crippen molar-refractivity contribution in [2.45, 2.75) is 81.5 Å². The van der Waals surface area contributed by atoms with Crippen LogP contribution in [0, 0.1) is 23.2 Å². The average Bonchev–Trinajstić information content (AvgIpc) is 2.57. The van der Waals surface area contributed by atoms with Crippen molar-refractivity contribution in [2.24, 2.45) is 23.2 Å². The zero-order valence-electron chi connectivity index (χ0n) is 15.4. The Morgan fingerprint density at radius 1 is 1.04 bits per heavy atom. The molecule has 5 atom stereocenters. The monoisotopic (exact) mass is 366 g/mol. The quantitative estimate of drug-likeness (QED) is 0.615. The second-order valence-corrected chi connectivity index (χ2v) is 11.0. The van der Waals surface area contributed by atoms with Crippen LogP contribution in [0.5, 0.6) is 0 Å². The number of ether oxygens (including phenoxy) is 1. The summed E-state index contributed by atoms with van der Waals surface area (Å²) in [6, 6.07) is 0.742. The smallest absolute Gasteiger partial charge is 0.312 e. The molecule has 2 saturated heterocycles. The number of fused-ring (bicyclic) bond motifs is 1. The SMILES string of the molecule is O=C(OC[C@H]1CCC[NH+]2CCCC[C@@H]12)C12C[C@H]3C[C@@H](CC(Cl)(C3)C1)C2. The largest absolute Gasteiger partial charge is 0.465 e. The van der Waals surface area contributed by atoms with Crippen LogP contribution < -0.4 is 4.90 Å². The number of esters is 1. The molecule has 1 unspecified atom stereocenters. The van der Waals surface area contributed by atoms with Crippen LogP contribution in [0.15, 0.2) is 0 Å². The maximum absolute atomic E-state index is 13.2. The minimum Gasteiger partial charge on any atom is -0.465 e. The first kappa shape index (κ1) is 16.9. The number of hydrogen-bond donors (Lipinski definition) is 1. The summed E-state index contributed by atoms with van der Waals surface area (Å²) in [5.41, 5.74) is -0.236. The minimum atomic E-state index is -0.236. The van der Waals surface area contributed by atoms with E-state index in [9.17, 15) is 4.79 Å². The topological polar surface area (TPSA) is 30.7 Å². The molecule has 4 saturated carbocycles. The fourth-order valence-corrected chi connectivity index (χ4v) is 8.39. The number of carbonyl (C=O) groups excluding carboxylic acids is 1. The van der Waals surface area contributed by atoms with E-state index >= 15 is 0 Å². The summed E-state index contributed by atoms with van der Waals surface area (Å²) in [6.07, 6.45) is 13.1. The third-order valence-corrected chi connectivity index (χ3v) is 8.72. The highest BCUT2D eigenvalue weighted by Gasteiger charge is 2.61. The highest BCUT2D eigenvalue weighted by Crippen LogP contribution is 2.64. The molecule has 2 heterocycles. The summed E-state index contributed by atoms with van der Waals surface area (Å²) in [4.78, 5) is 14.8. The molecular formula is C21H33ClNO2+. The molecule has 0 radical (unpaired) electrons. The van der Waals surface area contributed by atoms with E-state index < -0.39 is 0 Å². The van der Waals surface area contributed by atoms with E-state index in [0.717, 1.165) is 38.1 Å². The summed E-state index contributed by atoms with van der Waals surface area (Å²) in [5.74, 6) is 2.03. The maximum atomic E-state index is 13.2. The van der Waals surface area contributed by atoms with Gasteiger partial charge in [0.25, 0.3) is 0 Å². The van der Waals surface area contributed by atoms with Gasteiger partial charge in [-0.3, -0.25) is 4.79 Å². The summed E-state index contributed by atoms with van der Waals surface area (Å²) in [6.45, 7) is 3.33. The average molecular weight is 367 g/mol. The van der Waals surface area contributed by atoms with Gasteiger partial charge < -0.3 is 9.64 Å². The van der Waals surface area contributed by atoms with E-state index in [1.807, 2.05) is 0 Å².